The number of para-hydroxylation sites is 1. The van der Waals surface area contributed by atoms with Crippen LogP contribution in [0.3, 0.4) is 0 Å². The van der Waals surface area contributed by atoms with Crippen molar-refractivity contribution < 1.29 is 9.53 Å². The second-order valence-corrected chi connectivity index (χ2v) is 7.38. The summed E-state index contributed by atoms with van der Waals surface area (Å²) < 4.78 is 5.60. The summed E-state index contributed by atoms with van der Waals surface area (Å²) in [6.07, 6.45) is 4.21. The number of nitrogens with zero attached hydrogens (tertiary/aromatic N) is 1. The summed E-state index contributed by atoms with van der Waals surface area (Å²) in [6, 6.07) is 16.4. The van der Waals surface area contributed by atoms with Crippen LogP contribution < -0.4 is 15.0 Å². The molecule has 2 aromatic rings. The van der Waals surface area contributed by atoms with Gasteiger partial charge in [-0.2, -0.15) is 0 Å². The number of nitrogens with one attached hydrogen (secondary N) is 1. The van der Waals surface area contributed by atoms with Gasteiger partial charge in [-0.25, -0.2) is 0 Å². The minimum absolute atomic E-state index is 0.0558. The molecule has 2 heterocycles. The van der Waals surface area contributed by atoms with E-state index in [1.165, 1.54) is 5.56 Å². The Balaban J connectivity index is 1.76. The van der Waals surface area contributed by atoms with Crippen LogP contribution in [0.2, 0.25) is 0 Å². The van der Waals surface area contributed by atoms with Gasteiger partial charge >= 0.3 is 0 Å². The summed E-state index contributed by atoms with van der Waals surface area (Å²) in [6.45, 7) is 7.38. The van der Waals surface area contributed by atoms with Gasteiger partial charge in [-0.1, -0.05) is 50.3 Å². The van der Waals surface area contributed by atoms with E-state index in [-0.39, 0.29) is 11.3 Å². The van der Waals surface area contributed by atoms with Crippen molar-refractivity contribution in [3.63, 3.8) is 0 Å². The zero-order valence-electron chi connectivity index (χ0n) is 15.5. The highest BCUT2D eigenvalue weighted by Crippen LogP contribution is 2.52. The molecule has 4 nitrogen and oxygen atoms in total. The maximum Gasteiger partial charge on any atom is 0.241 e. The first-order valence-corrected chi connectivity index (χ1v) is 9.08. The Labute approximate surface area is 154 Å². The second kappa shape index (κ2) is 5.90. The summed E-state index contributed by atoms with van der Waals surface area (Å²) in [5.74, 6) is 0.911. The molecule has 1 N–H and O–H groups in total. The molecule has 1 saturated heterocycles. The van der Waals surface area contributed by atoms with Crippen LogP contribution in [0, 0.1) is 0 Å². The third-order valence-corrected chi connectivity index (χ3v) is 5.56. The fraction of sp³-hybridized carbons (Fsp3) is 0.318. The van der Waals surface area contributed by atoms with E-state index in [0.29, 0.717) is 13.2 Å². The zero-order chi connectivity index (χ0) is 18.4. The first kappa shape index (κ1) is 16.7. The number of fused-ring (bicyclic) bond motifs is 3. The molecule has 0 saturated carbocycles. The number of hydrogen-bond donors (Lipinski definition) is 1. The lowest BCUT2D eigenvalue weighted by Gasteiger charge is -2.40. The molecule has 4 heteroatoms. The maximum atomic E-state index is 12.3. The lowest BCUT2D eigenvalue weighted by Crippen LogP contribution is -2.58. The average Bonchev–Trinajstić information content (AvgIpc) is 3.06. The van der Waals surface area contributed by atoms with Gasteiger partial charge in [0.25, 0.3) is 0 Å². The van der Waals surface area contributed by atoms with Crippen LogP contribution in [0.15, 0.2) is 54.6 Å². The highest BCUT2D eigenvalue weighted by molar-refractivity contribution is 5.91. The van der Waals surface area contributed by atoms with Crippen molar-refractivity contribution >= 4 is 17.7 Å². The molecule has 0 unspecified atom stereocenters. The third kappa shape index (κ3) is 2.32. The van der Waals surface area contributed by atoms with E-state index < -0.39 is 5.66 Å². The van der Waals surface area contributed by atoms with E-state index in [4.69, 9.17) is 4.74 Å². The van der Waals surface area contributed by atoms with Gasteiger partial charge < -0.3 is 15.0 Å². The number of anilines is 1. The summed E-state index contributed by atoms with van der Waals surface area (Å²) in [7, 11) is 0. The highest BCUT2D eigenvalue weighted by atomic mass is 16.5. The van der Waals surface area contributed by atoms with Crippen molar-refractivity contribution in [3.8, 4) is 5.75 Å². The first-order valence-electron chi connectivity index (χ1n) is 9.08. The Morgan fingerprint density at radius 2 is 2.00 bits per heavy atom. The van der Waals surface area contributed by atoms with Gasteiger partial charge in [-0.05, 0) is 42.3 Å². The molecule has 0 aliphatic carbocycles. The molecule has 2 aliphatic heterocycles. The fourth-order valence-corrected chi connectivity index (χ4v) is 4.23. The Morgan fingerprint density at radius 1 is 1.19 bits per heavy atom. The van der Waals surface area contributed by atoms with E-state index in [9.17, 15) is 4.79 Å². The van der Waals surface area contributed by atoms with Gasteiger partial charge in [0.2, 0.25) is 5.91 Å². The third-order valence-electron chi connectivity index (χ3n) is 5.56. The quantitative estimate of drug-likeness (QED) is 0.915. The fourth-order valence-electron chi connectivity index (χ4n) is 4.23. The largest absolute Gasteiger partial charge is 0.494 e. The van der Waals surface area contributed by atoms with Crippen molar-refractivity contribution in [1.82, 2.24) is 5.32 Å². The molecular weight excluding hydrogens is 324 g/mol. The molecule has 1 fully saturated rings. The maximum absolute atomic E-state index is 12.3. The van der Waals surface area contributed by atoms with Crippen molar-refractivity contribution in [1.29, 1.82) is 0 Å². The second-order valence-electron chi connectivity index (χ2n) is 7.38. The number of ether oxygens (including phenoxy) is 1. The van der Waals surface area contributed by atoms with Crippen molar-refractivity contribution in [2.45, 2.75) is 31.8 Å². The number of rotatable bonds is 4. The number of carbonyl (C=O) groups is 1. The molecule has 26 heavy (non-hydrogen) atoms. The lowest BCUT2D eigenvalue weighted by molar-refractivity contribution is -0.118. The average molecular weight is 348 g/mol. The molecule has 0 radical (unpaired) electrons. The van der Waals surface area contributed by atoms with Crippen LogP contribution >= 0.6 is 0 Å². The number of hydrogen-bond acceptors (Lipinski definition) is 3. The number of carbonyl (C=O) groups excluding carboxylic acids is 1. The molecule has 0 bridgehead atoms. The molecular formula is C22H24N2O2. The molecule has 0 spiro atoms. The summed E-state index contributed by atoms with van der Waals surface area (Å²) >= 11 is 0. The minimum Gasteiger partial charge on any atom is -0.494 e. The smallest absolute Gasteiger partial charge is 0.241 e. The molecule has 2 aromatic carbocycles. The normalized spacial score (nSPS) is 23.0. The van der Waals surface area contributed by atoms with Crippen LogP contribution in [-0.2, 0) is 10.2 Å². The van der Waals surface area contributed by atoms with E-state index in [0.717, 1.165) is 17.0 Å². The summed E-state index contributed by atoms with van der Waals surface area (Å²) in [5, 5.41) is 3.25. The number of benzene rings is 2. The monoisotopic (exact) mass is 348 g/mol. The standard InChI is InChI=1S/C22H24N2O2/c1-4-26-17-9-7-8-16(14-17)12-13-22-21(2,3)18-10-5-6-11-19(18)24(22)15-20(25)23-22/h5-14H,4,15H2,1-3H3,(H,23,25)/t22-/m0/s1. The molecule has 0 aromatic heterocycles. The topological polar surface area (TPSA) is 41.6 Å². The Kier molecular flexibility index (Phi) is 3.79. The van der Waals surface area contributed by atoms with Crippen LogP contribution in [-0.4, -0.2) is 24.7 Å². The van der Waals surface area contributed by atoms with Crippen molar-refractivity contribution in [2.75, 3.05) is 18.1 Å². The van der Waals surface area contributed by atoms with Crippen LogP contribution in [0.5, 0.6) is 5.75 Å². The van der Waals surface area contributed by atoms with Crippen LogP contribution in [0.25, 0.3) is 6.08 Å². The Bertz CT molecular complexity index is 887. The molecule has 4 rings (SSSR count). The van der Waals surface area contributed by atoms with E-state index in [1.54, 1.807) is 0 Å². The van der Waals surface area contributed by atoms with Gasteiger partial charge in [0.05, 0.1) is 13.2 Å². The Hall–Kier alpha value is -2.75. The highest BCUT2D eigenvalue weighted by Gasteiger charge is 2.59. The van der Waals surface area contributed by atoms with Gasteiger partial charge in [0, 0.05) is 11.1 Å². The zero-order valence-corrected chi connectivity index (χ0v) is 15.5. The lowest BCUT2D eigenvalue weighted by atomic mass is 9.75. The van der Waals surface area contributed by atoms with E-state index >= 15 is 0 Å². The summed E-state index contributed by atoms with van der Waals surface area (Å²) in [4.78, 5) is 14.5. The van der Waals surface area contributed by atoms with Crippen LogP contribution in [0.4, 0.5) is 5.69 Å². The van der Waals surface area contributed by atoms with Crippen molar-refractivity contribution in [2.24, 2.45) is 0 Å². The van der Waals surface area contributed by atoms with Crippen LogP contribution in [0.1, 0.15) is 31.9 Å². The van der Waals surface area contributed by atoms with Gasteiger partial charge in [-0.15, -0.1) is 0 Å². The molecule has 134 valence electrons. The Morgan fingerprint density at radius 3 is 2.81 bits per heavy atom. The van der Waals surface area contributed by atoms with Gasteiger partial charge in [0.1, 0.15) is 11.4 Å². The van der Waals surface area contributed by atoms with E-state index in [1.807, 2.05) is 37.3 Å². The SMILES string of the molecule is CCOc1cccc(C=C[C@]23NC(=O)CN2c2ccccc2C3(C)C)c1. The predicted octanol–water partition coefficient (Wildman–Crippen LogP) is 3.72. The molecule has 1 amide bonds. The van der Waals surface area contributed by atoms with Gasteiger partial charge in [-0.3, -0.25) is 4.79 Å². The van der Waals surface area contributed by atoms with E-state index in [2.05, 4.69) is 54.4 Å². The molecule has 1 atom stereocenters. The minimum atomic E-state index is -0.560. The van der Waals surface area contributed by atoms with Crippen molar-refractivity contribution in [3.05, 3.63) is 65.7 Å². The van der Waals surface area contributed by atoms with Gasteiger partial charge in [0.15, 0.2) is 0 Å². The summed E-state index contributed by atoms with van der Waals surface area (Å²) in [5.41, 5.74) is 2.63. The number of amides is 1. The predicted molar refractivity (Wildman–Crippen MR) is 104 cm³/mol. The first-order chi connectivity index (χ1) is 12.5. The molecule has 2 aliphatic rings.